The van der Waals surface area contributed by atoms with Crippen LogP contribution in [0, 0.1) is 5.82 Å². The van der Waals surface area contributed by atoms with Crippen molar-refractivity contribution in [1.82, 2.24) is 0 Å². The smallest absolute Gasteiger partial charge is 0.255 e. The molecule has 0 saturated carbocycles. The number of fused-ring (bicyclic) bond motifs is 1. The number of aromatic hydroxyl groups is 1. The zero-order valence-electron chi connectivity index (χ0n) is 13.3. The molecular formula is C17H17FN2O4. The van der Waals surface area contributed by atoms with Crippen LogP contribution in [0.1, 0.15) is 10.4 Å². The van der Waals surface area contributed by atoms with Crippen molar-refractivity contribution in [2.45, 2.75) is 0 Å². The van der Waals surface area contributed by atoms with Gasteiger partial charge >= 0.3 is 0 Å². The molecule has 7 heteroatoms. The fourth-order valence-electron chi connectivity index (χ4n) is 2.50. The summed E-state index contributed by atoms with van der Waals surface area (Å²) in [5.41, 5.74) is 1.51. The molecule has 6 nitrogen and oxygen atoms in total. The largest absolute Gasteiger partial charge is 0.502 e. The number of nitrogens with one attached hydrogen (secondary N) is 1. The highest BCUT2D eigenvalue weighted by Gasteiger charge is 2.18. The number of hydrogen-bond donors (Lipinski definition) is 2. The first-order valence-electron chi connectivity index (χ1n) is 7.35. The molecule has 2 N–H and O–H groups in total. The van der Waals surface area contributed by atoms with Gasteiger partial charge in [0.15, 0.2) is 17.3 Å². The Labute approximate surface area is 138 Å². The minimum atomic E-state index is -0.921. The molecule has 0 aliphatic carbocycles. The molecule has 24 heavy (non-hydrogen) atoms. The van der Waals surface area contributed by atoms with E-state index in [0.717, 1.165) is 18.3 Å². The van der Waals surface area contributed by atoms with E-state index in [9.17, 15) is 14.3 Å². The minimum Gasteiger partial charge on any atom is -0.502 e. The van der Waals surface area contributed by atoms with Crippen LogP contribution >= 0.6 is 0 Å². The normalized spacial score (nSPS) is 13.0. The molecule has 1 aliphatic heterocycles. The number of carbonyl (C=O) groups is 1. The lowest BCUT2D eigenvalue weighted by atomic mass is 10.1. The first-order chi connectivity index (χ1) is 11.5. The second kappa shape index (κ2) is 6.27. The molecular weight excluding hydrogens is 315 g/mol. The van der Waals surface area contributed by atoms with Crippen LogP contribution in [-0.4, -0.2) is 38.3 Å². The number of benzene rings is 2. The highest BCUT2D eigenvalue weighted by atomic mass is 19.1. The van der Waals surface area contributed by atoms with Crippen molar-refractivity contribution >= 4 is 17.3 Å². The standard InChI is InChI=1S/C17H17FN2O4/c1-20-5-6-24-14-9-11(3-4-13(14)20)19-17(22)10-7-12(18)16(21)15(8-10)23-2/h3-4,7-9,21H,5-6H2,1-2H3,(H,19,22). The maximum Gasteiger partial charge on any atom is 0.255 e. The van der Waals surface area contributed by atoms with E-state index in [-0.39, 0.29) is 11.3 Å². The van der Waals surface area contributed by atoms with Crippen molar-refractivity contribution in [2.75, 3.05) is 37.5 Å². The number of phenolic OH excluding ortho intramolecular Hbond substituents is 1. The number of rotatable bonds is 3. The Morgan fingerprint density at radius 3 is 2.92 bits per heavy atom. The molecule has 0 saturated heterocycles. The number of hydrogen-bond acceptors (Lipinski definition) is 5. The number of carbonyl (C=O) groups excluding carboxylic acids is 1. The highest BCUT2D eigenvalue weighted by Crippen LogP contribution is 2.34. The van der Waals surface area contributed by atoms with Gasteiger partial charge in [0.2, 0.25) is 0 Å². The van der Waals surface area contributed by atoms with E-state index in [1.54, 1.807) is 12.1 Å². The molecule has 1 aliphatic rings. The number of nitrogens with zero attached hydrogens (tertiary/aromatic N) is 1. The summed E-state index contributed by atoms with van der Waals surface area (Å²) in [5, 5.41) is 12.2. The van der Waals surface area contributed by atoms with Gasteiger partial charge in [0.25, 0.3) is 5.91 Å². The number of methoxy groups -OCH3 is 1. The number of likely N-dealkylation sites (N-methyl/N-ethyl adjacent to an activating group) is 1. The molecule has 0 fully saturated rings. The van der Waals surface area contributed by atoms with Gasteiger partial charge in [0.1, 0.15) is 12.4 Å². The van der Waals surface area contributed by atoms with E-state index >= 15 is 0 Å². The molecule has 2 aromatic rings. The van der Waals surface area contributed by atoms with Crippen LogP contribution < -0.4 is 19.7 Å². The Bertz CT molecular complexity index is 794. The molecule has 0 radical (unpaired) electrons. The van der Waals surface area contributed by atoms with Gasteiger partial charge in [-0.3, -0.25) is 4.79 Å². The molecule has 2 aromatic carbocycles. The topological polar surface area (TPSA) is 71.0 Å². The SMILES string of the molecule is COc1cc(C(=O)Nc2ccc3c(c2)OCCN3C)cc(F)c1O. The molecule has 126 valence electrons. The van der Waals surface area contributed by atoms with Crippen molar-refractivity contribution < 1.29 is 23.8 Å². The van der Waals surface area contributed by atoms with E-state index in [1.165, 1.54) is 13.2 Å². The van der Waals surface area contributed by atoms with Crippen molar-refractivity contribution in [3.05, 3.63) is 41.7 Å². The summed E-state index contributed by atoms with van der Waals surface area (Å²) < 4.78 is 24.1. The Morgan fingerprint density at radius 2 is 2.17 bits per heavy atom. The lowest BCUT2D eigenvalue weighted by Crippen LogP contribution is -2.28. The summed E-state index contributed by atoms with van der Waals surface area (Å²) in [6.45, 7) is 1.37. The van der Waals surface area contributed by atoms with Crippen LogP contribution in [0.4, 0.5) is 15.8 Å². The van der Waals surface area contributed by atoms with Gasteiger partial charge < -0.3 is 24.8 Å². The fraction of sp³-hybridized carbons (Fsp3) is 0.235. The number of amides is 1. The van der Waals surface area contributed by atoms with Crippen molar-refractivity contribution in [3.8, 4) is 17.2 Å². The van der Waals surface area contributed by atoms with Crippen molar-refractivity contribution in [3.63, 3.8) is 0 Å². The van der Waals surface area contributed by atoms with E-state index in [1.807, 2.05) is 13.1 Å². The predicted octanol–water partition coefficient (Wildman–Crippen LogP) is 2.62. The average molecular weight is 332 g/mol. The van der Waals surface area contributed by atoms with Gasteiger partial charge in [-0.05, 0) is 24.3 Å². The van der Waals surface area contributed by atoms with Crippen LogP contribution in [0.25, 0.3) is 0 Å². The molecule has 0 unspecified atom stereocenters. The maximum atomic E-state index is 13.7. The van der Waals surface area contributed by atoms with Gasteiger partial charge in [0.05, 0.1) is 19.3 Å². The second-order valence-electron chi connectivity index (χ2n) is 5.42. The summed E-state index contributed by atoms with van der Waals surface area (Å²) in [6, 6.07) is 7.54. The fourth-order valence-corrected chi connectivity index (χ4v) is 2.50. The van der Waals surface area contributed by atoms with E-state index < -0.39 is 17.5 Å². The Kier molecular flexibility index (Phi) is 4.16. The Morgan fingerprint density at radius 1 is 1.38 bits per heavy atom. The zero-order valence-corrected chi connectivity index (χ0v) is 13.3. The quantitative estimate of drug-likeness (QED) is 0.904. The lowest BCUT2D eigenvalue weighted by Gasteiger charge is -2.27. The van der Waals surface area contributed by atoms with E-state index in [2.05, 4.69) is 10.2 Å². The summed E-state index contributed by atoms with van der Waals surface area (Å²) in [6.07, 6.45) is 0. The van der Waals surface area contributed by atoms with Gasteiger partial charge in [-0.25, -0.2) is 4.39 Å². The van der Waals surface area contributed by atoms with E-state index in [0.29, 0.717) is 18.0 Å². The Hall–Kier alpha value is -2.96. The van der Waals surface area contributed by atoms with Crippen LogP contribution in [-0.2, 0) is 0 Å². The number of halogens is 1. The van der Waals surface area contributed by atoms with E-state index in [4.69, 9.17) is 9.47 Å². The van der Waals surface area contributed by atoms with Gasteiger partial charge in [-0.1, -0.05) is 0 Å². The molecule has 0 spiro atoms. The third kappa shape index (κ3) is 2.92. The second-order valence-corrected chi connectivity index (χ2v) is 5.42. The van der Waals surface area contributed by atoms with Crippen molar-refractivity contribution in [1.29, 1.82) is 0 Å². The average Bonchev–Trinajstić information content (AvgIpc) is 2.57. The minimum absolute atomic E-state index is 0.0397. The molecule has 0 aromatic heterocycles. The van der Waals surface area contributed by atoms with Gasteiger partial charge in [-0.15, -0.1) is 0 Å². The molecule has 0 bridgehead atoms. The molecule has 1 amide bonds. The van der Waals surface area contributed by atoms with Gasteiger partial charge in [-0.2, -0.15) is 0 Å². The third-order valence-electron chi connectivity index (χ3n) is 3.82. The van der Waals surface area contributed by atoms with Crippen LogP contribution in [0.15, 0.2) is 30.3 Å². The van der Waals surface area contributed by atoms with Crippen LogP contribution in [0.2, 0.25) is 0 Å². The van der Waals surface area contributed by atoms with Crippen LogP contribution in [0.3, 0.4) is 0 Å². The summed E-state index contributed by atoms with van der Waals surface area (Å²) >= 11 is 0. The third-order valence-corrected chi connectivity index (χ3v) is 3.82. The summed E-state index contributed by atoms with van der Waals surface area (Å²) in [5.74, 6) is -1.49. The molecule has 3 rings (SSSR count). The maximum absolute atomic E-state index is 13.7. The Balaban J connectivity index is 1.84. The number of phenols is 1. The first kappa shape index (κ1) is 15.9. The lowest BCUT2D eigenvalue weighted by molar-refractivity contribution is 0.102. The summed E-state index contributed by atoms with van der Waals surface area (Å²) in [7, 11) is 3.25. The molecule has 1 heterocycles. The van der Waals surface area contributed by atoms with Crippen LogP contribution in [0.5, 0.6) is 17.2 Å². The van der Waals surface area contributed by atoms with Crippen molar-refractivity contribution in [2.24, 2.45) is 0 Å². The summed E-state index contributed by atoms with van der Waals surface area (Å²) in [4.78, 5) is 14.4. The number of anilines is 2. The number of ether oxygens (including phenoxy) is 2. The first-order valence-corrected chi connectivity index (χ1v) is 7.35. The predicted molar refractivity (Wildman–Crippen MR) is 87.8 cm³/mol. The monoisotopic (exact) mass is 332 g/mol. The zero-order chi connectivity index (χ0) is 17.3. The molecule has 0 atom stereocenters. The van der Waals surface area contributed by atoms with Gasteiger partial charge in [0, 0.05) is 24.4 Å². The highest BCUT2D eigenvalue weighted by molar-refractivity contribution is 6.05.